The lowest BCUT2D eigenvalue weighted by Crippen LogP contribution is -2.34. The quantitative estimate of drug-likeness (QED) is 0.593. The van der Waals surface area contributed by atoms with Gasteiger partial charge in [-0.15, -0.1) is 0 Å². The molecule has 1 rings (SSSR count). The Bertz CT molecular complexity index is 170. The van der Waals surface area contributed by atoms with Gasteiger partial charge in [-0.3, -0.25) is 0 Å². The van der Waals surface area contributed by atoms with Gasteiger partial charge in [-0.05, 0) is 20.0 Å². The first-order valence-electron chi connectivity index (χ1n) is 4.97. The van der Waals surface area contributed by atoms with E-state index in [1.165, 1.54) is 0 Å². The Kier molecular flexibility index (Phi) is 3.88. The first-order valence-corrected chi connectivity index (χ1v) is 4.97. The topological polar surface area (TPSA) is 23.6 Å². The number of hydrogen-bond acceptors (Lipinski definition) is 3. The van der Waals surface area contributed by atoms with Crippen LogP contribution >= 0.6 is 0 Å². The Morgan fingerprint density at radius 2 is 2.15 bits per heavy atom. The molecule has 0 aromatic heterocycles. The SMILES string of the molecule is CC1CN(CCC=O)CC1N(C)C. The third kappa shape index (κ3) is 2.78. The molecule has 0 spiro atoms. The van der Waals surface area contributed by atoms with Crippen LogP contribution in [0.15, 0.2) is 0 Å². The monoisotopic (exact) mass is 184 g/mol. The summed E-state index contributed by atoms with van der Waals surface area (Å²) in [5, 5.41) is 0. The molecule has 0 aromatic rings. The van der Waals surface area contributed by atoms with Crippen molar-refractivity contribution >= 4 is 6.29 Å². The van der Waals surface area contributed by atoms with E-state index in [-0.39, 0.29) is 0 Å². The highest BCUT2D eigenvalue weighted by Gasteiger charge is 2.30. The second kappa shape index (κ2) is 4.72. The van der Waals surface area contributed by atoms with Crippen molar-refractivity contribution in [2.75, 3.05) is 33.7 Å². The van der Waals surface area contributed by atoms with Gasteiger partial charge < -0.3 is 14.6 Å². The fraction of sp³-hybridized carbons (Fsp3) is 0.900. The molecule has 0 N–H and O–H groups in total. The summed E-state index contributed by atoms with van der Waals surface area (Å²) < 4.78 is 0. The Morgan fingerprint density at radius 1 is 1.46 bits per heavy atom. The molecule has 0 saturated carbocycles. The van der Waals surface area contributed by atoms with Gasteiger partial charge in [0.15, 0.2) is 0 Å². The fourth-order valence-corrected chi connectivity index (χ4v) is 2.14. The van der Waals surface area contributed by atoms with Crippen molar-refractivity contribution in [1.82, 2.24) is 9.80 Å². The van der Waals surface area contributed by atoms with Gasteiger partial charge in [0.25, 0.3) is 0 Å². The van der Waals surface area contributed by atoms with Gasteiger partial charge >= 0.3 is 0 Å². The number of likely N-dealkylation sites (tertiary alicyclic amines) is 1. The Hall–Kier alpha value is -0.410. The average Bonchev–Trinajstić information content (AvgIpc) is 2.43. The number of hydrogen-bond donors (Lipinski definition) is 0. The molecule has 76 valence electrons. The van der Waals surface area contributed by atoms with Crippen molar-refractivity contribution in [3.8, 4) is 0 Å². The molecule has 3 heteroatoms. The van der Waals surface area contributed by atoms with Gasteiger partial charge in [0.1, 0.15) is 6.29 Å². The van der Waals surface area contributed by atoms with Crippen molar-refractivity contribution in [3.05, 3.63) is 0 Å². The maximum absolute atomic E-state index is 10.2. The molecule has 1 fully saturated rings. The largest absolute Gasteiger partial charge is 0.305 e. The minimum absolute atomic E-state index is 0.659. The van der Waals surface area contributed by atoms with Crippen LogP contribution in [0.3, 0.4) is 0 Å². The van der Waals surface area contributed by atoms with E-state index in [0.717, 1.165) is 31.8 Å². The zero-order valence-corrected chi connectivity index (χ0v) is 8.86. The van der Waals surface area contributed by atoms with Gasteiger partial charge in [0, 0.05) is 32.1 Å². The molecule has 1 saturated heterocycles. The van der Waals surface area contributed by atoms with Gasteiger partial charge in [-0.1, -0.05) is 6.92 Å². The van der Waals surface area contributed by atoms with E-state index in [1.807, 2.05) is 0 Å². The predicted octanol–water partition coefficient (Wildman–Crippen LogP) is 0.457. The lowest BCUT2D eigenvalue weighted by Gasteiger charge is -2.22. The molecule has 0 aromatic carbocycles. The summed E-state index contributed by atoms with van der Waals surface area (Å²) >= 11 is 0. The highest BCUT2D eigenvalue weighted by molar-refractivity contribution is 5.49. The molecular formula is C10H20N2O. The molecule has 2 unspecified atom stereocenters. The van der Waals surface area contributed by atoms with Gasteiger partial charge in [-0.2, -0.15) is 0 Å². The highest BCUT2D eigenvalue weighted by Crippen LogP contribution is 2.19. The number of rotatable bonds is 4. The minimum Gasteiger partial charge on any atom is -0.305 e. The van der Waals surface area contributed by atoms with E-state index in [0.29, 0.717) is 12.5 Å². The summed E-state index contributed by atoms with van der Waals surface area (Å²) in [5.74, 6) is 0.724. The summed E-state index contributed by atoms with van der Waals surface area (Å²) in [6, 6.07) is 0.659. The summed E-state index contributed by atoms with van der Waals surface area (Å²) in [7, 11) is 4.26. The van der Waals surface area contributed by atoms with Crippen LogP contribution in [-0.2, 0) is 4.79 Å². The number of carbonyl (C=O) groups is 1. The molecule has 0 amide bonds. The Morgan fingerprint density at radius 3 is 2.62 bits per heavy atom. The number of nitrogens with zero attached hydrogens (tertiary/aromatic N) is 2. The van der Waals surface area contributed by atoms with Crippen molar-refractivity contribution in [2.45, 2.75) is 19.4 Å². The molecule has 2 atom stereocenters. The Labute approximate surface area is 80.7 Å². The number of carbonyl (C=O) groups excluding carboxylic acids is 1. The van der Waals surface area contributed by atoms with Crippen LogP contribution in [0.25, 0.3) is 0 Å². The zero-order chi connectivity index (χ0) is 9.84. The molecule has 1 aliphatic heterocycles. The van der Waals surface area contributed by atoms with Crippen molar-refractivity contribution in [2.24, 2.45) is 5.92 Å². The fourth-order valence-electron chi connectivity index (χ4n) is 2.14. The van der Waals surface area contributed by atoms with Crippen molar-refractivity contribution in [3.63, 3.8) is 0 Å². The van der Waals surface area contributed by atoms with Gasteiger partial charge in [0.05, 0.1) is 0 Å². The van der Waals surface area contributed by atoms with E-state index in [1.54, 1.807) is 0 Å². The lowest BCUT2D eigenvalue weighted by molar-refractivity contribution is -0.108. The predicted molar refractivity (Wildman–Crippen MR) is 53.8 cm³/mol. The summed E-state index contributed by atoms with van der Waals surface area (Å²) in [6.45, 7) is 5.46. The first kappa shape index (κ1) is 10.7. The second-order valence-corrected chi connectivity index (χ2v) is 4.22. The van der Waals surface area contributed by atoms with Crippen molar-refractivity contribution in [1.29, 1.82) is 0 Å². The molecule has 0 bridgehead atoms. The van der Waals surface area contributed by atoms with E-state index >= 15 is 0 Å². The maximum atomic E-state index is 10.2. The van der Waals surface area contributed by atoms with Crippen LogP contribution in [0, 0.1) is 5.92 Å². The normalized spacial score (nSPS) is 29.8. The van der Waals surface area contributed by atoms with Crippen LogP contribution in [-0.4, -0.2) is 55.9 Å². The zero-order valence-electron chi connectivity index (χ0n) is 8.86. The number of likely N-dealkylation sites (N-methyl/N-ethyl adjacent to an activating group) is 1. The van der Waals surface area contributed by atoms with E-state index in [4.69, 9.17) is 0 Å². The van der Waals surface area contributed by atoms with Crippen LogP contribution in [0.2, 0.25) is 0 Å². The average molecular weight is 184 g/mol. The summed E-state index contributed by atoms with van der Waals surface area (Å²) in [6.07, 6.45) is 1.68. The molecule has 13 heavy (non-hydrogen) atoms. The van der Waals surface area contributed by atoms with E-state index < -0.39 is 0 Å². The summed E-state index contributed by atoms with van der Waals surface area (Å²) in [4.78, 5) is 14.9. The number of aldehydes is 1. The maximum Gasteiger partial charge on any atom is 0.121 e. The lowest BCUT2D eigenvalue weighted by atomic mass is 10.1. The molecule has 0 aliphatic carbocycles. The van der Waals surface area contributed by atoms with Gasteiger partial charge in [-0.25, -0.2) is 0 Å². The summed E-state index contributed by atoms with van der Waals surface area (Å²) in [5.41, 5.74) is 0. The minimum atomic E-state index is 0.659. The van der Waals surface area contributed by atoms with Crippen LogP contribution in [0.4, 0.5) is 0 Å². The van der Waals surface area contributed by atoms with Crippen LogP contribution < -0.4 is 0 Å². The van der Waals surface area contributed by atoms with Crippen LogP contribution in [0.5, 0.6) is 0 Å². The standard InChI is InChI=1S/C10H20N2O/c1-9-7-12(5-4-6-13)8-10(9)11(2)3/h6,9-10H,4-5,7-8H2,1-3H3. The molecular weight excluding hydrogens is 164 g/mol. The smallest absolute Gasteiger partial charge is 0.121 e. The Balaban J connectivity index is 2.36. The third-order valence-electron chi connectivity index (χ3n) is 2.87. The van der Waals surface area contributed by atoms with E-state index in [2.05, 4.69) is 30.8 Å². The molecule has 1 heterocycles. The second-order valence-electron chi connectivity index (χ2n) is 4.22. The third-order valence-corrected chi connectivity index (χ3v) is 2.87. The highest BCUT2D eigenvalue weighted by atomic mass is 16.1. The molecule has 3 nitrogen and oxygen atoms in total. The molecule has 1 aliphatic rings. The van der Waals surface area contributed by atoms with Crippen LogP contribution in [0.1, 0.15) is 13.3 Å². The first-order chi connectivity index (χ1) is 6.15. The van der Waals surface area contributed by atoms with E-state index in [9.17, 15) is 4.79 Å². The molecule has 0 radical (unpaired) electrons. The van der Waals surface area contributed by atoms with Crippen molar-refractivity contribution < 1.29 is 4.79 Å². The van der Waals surface area contributed by atoms with Gasteiger partial charge in [0.2, 0.25) is 0 Å².